The molecule has 0 aromatic rings. The van der Waals surface area contributed by atoms with E-state index in [4.69, 9.17) is 5.26 Å². The summed E-state index contributed by atoms with van der Waals surface area (Å²) in [6.45, 7) is 3.31. The van der Waals surface area contributed by atoms with Gasteiger partial charge in [-0.25, -0.2) is 0 Å². The molecular formula is C5H8NO. The minimum absolute atomic E-state index is 0.722. The SMILES string of the molecule is [CH2]OC(C)(C)C#N. The van der Waals surface area contributed by atoms with E-state index in [9.17, 15) is 0 Å². The predicted molar refractivity (Wildman–Crippen MR) is 26.1 cm³/mol. The van der Waals surface area contributed by atoms with Gasteiger partial charge in [-0.1, -0.05) is 0 Å². The Morgan fingerprint density at radius 3 is 2.14 bits per heavy atom. The molecule has 0 saturated heterocycles. The van der Waals surface area contributed by atoms with Crippen molar-refractivity contribution in [2.24, 2.45) is 0 Å². The zero-order valence-electron chi connectivity index (χ0n) is 4.56. The molecule has 0 N–H and O–H groups in total. The summed E-state index contributed by atoms with van der Waals surface area (Å²) >= 11 is 0. The minimum atomic E-state index is -0.722. The first-order chi connectivity index (χ1) is 3.12. The molecule has 0 atom stereocenters. The Kier molecular flexibility index (Phi) is 1.79. The molecule has 7 heavy (non-hydrogen) atoms. The van der Waals surface area contributed by atoms with Gasteiger partial charge in [-0.2, -0.15) is 5.26 Å². The van der Waals surface area contributed by atoms with Gasteiger partial charge in [0.05, 0.1) is 13.2 Å². The third-order valence-electron chi connectivity index (χ3n) is 0.630. The van der Waals surface area contributed by atoms with Gasteiger partial charge in [0, 0.05) is 0 Å². The molecule has 0 amide bonds. The quantitative estimate of drug-likeness (QED) is 0.492. The molecule has 2 heteroatoms. The van der Waals surface area contributed by atoms with Gasteiger partial charge in [-0.05, 0) is 13.8 Å². The van der Waals surface area contributed by atoms with Crippen LogP contribution >= 0.6 is 0 Å². The lowest BCUT2D eigenvalue weighted by Gasteiger charge is -2.09. The van der Waals surface area contributed by atoms with Gasteiger partial charge < -0.3 is 4.74 Å². The first-order valence-electron chi connectivity index (χ1n) is 1.97. The van der Waals surface area contributed by atoms with Crippen LogP contribution in [0.25, 0.3) is 0 Å². The van der Waals surface area contributed by atoms with Crippen LogP contribution in [0.2, 0.25) is 0 Å². The zero-order valence-corrected chi connectivity index (χ0v) is 4.56. The lowest BCUT2D eigenvalue weighted by atomic mass is 10.2. The van der Waals surface area contributed by atoms with E-state index < -0.39 is 5.60 Å². The standard InChI is InChI=1S/C5H8NO/c1-5(2,4-6)7-3/h3H2,1-2H3. The largest absolute Gasteiger partial charge is 0.358 e. The number of rotatable bonds is 1. The van der Waals surface area contributed by atoms with E-state index in [-0.39, 0.29) is 0 Å². The maximum atomic E-state index is 8.18. The van der Waals surface area contributed by atoms with Crippen LogP contribution in [0.3, 0.4) is 0 Å². The van der Waals surface area contributed by atoms with E-state index in [1.54, 1.807) is 13.8 Å². The molecule has 0 aromatic heterocycles. The number of hydrogen-bond donors (Lipinski definition) is 0. The Morgan fingerprint density at radius 2 is 2.14 bits per heavy atom. The van der Waals surface area contributed by atoms with Crippen LogP contribution in [-0.4, -0.2) is 5.60 Å². The van der Waals surface area contributed by atoms with Crippen LogP contribution in [0.4, 0.5) is 0 Å². The molecule has 0 aliphatic carbocycles. The minimum Gasteiger partial charge on any atom is -0.358 e. The van der Waals surface area contributed by atoms with E-state index in [1.165, 1.54) is 0 Å². The number of hydrogen-bond acceptors (Lipinski definition) is 2. The number of nitrogens with zero attached hydrogens (tertiary/aromatic N) is 1. The van der Waals surface area contributed by atoms with Gasteiger partial charge >= 0.3 is 0 Å². The average Bonchev–Trinajstić information content (AvgIpc) is 1.68. The molecule has 1 radical (unpaired) electrons. The summed E-state index contributed by atoms with van der Waals surface area (Å²) in [5, 5.41) is 8.18. The molecule has 0 spiro atoms. The molecule has 2 nitrogen and oxygen atoms in total. The highest BCUT2D eigenvalue weighted by Gasteiger charge is 2.12. The van der Waals surface area contributed by atoms with Crippen molar-refractivity contribution in [3.8, 4) is 6.07 Å². The summed E-state index contributed by atoms with van der Waals surface area (Å²) in [4.78, 5) is 0. The van der Waals surface area contributed by atoms with Crippen molar-refractivity contribution in [2.75, 3.05) is 0 Å². The Hall–Kier alpha value is -0.550. The van der Waals surface area contributed by atoms with E-state index in [0.717, 1.165) is 0 Å². The topological polar surface area (TPSA) is 33.0 Å². The molecule has 0 unspecified atom stereocenters. The van der Waals surface area contributed by atoms with Gasteiger partial charge in [0.1, 0.15) is 5.60 Å². The molecule has 0 rings (SSSR count). The molecule has 39 valence electrons. The maximum absolute atomic E-state index is 8.18. The van der Waals surface area contributed by atoms with Gasteiger partial charge in [-0.15, -0.1) is 0 Å². The van der Waals surface area contributed by atoms with Crippen molar-refractivity contribution in [1.82, 2.24) is 0 Å². The van der Waals surface area contributed by atoms with E-state index in [1.807, 2.05) is 6.07 Å². The van der Waals surface area contributed by atoms with Crippen molar-refractivity contribution in [1.29, 1.82) is 5.26 Å². The summed E-state index contributed by atoms with van der Waals surface area (Å²) < 4.78 is 4.48. The maximum Gasteiger partial charge on any atom is 0.148 e. The summed E-state index contributed by atoms with van der Waals surface area (Å²) in [7, 11) is 3.11. The normalized spacial score (nSPS) is 10.6. The molecule has 0 fully saturated rings. The Bertz CT molecular complexity index is 90.7. The lowest BCUT2D eigenvalue weighted by Crippen LogP contribution is -2.17. The van der Waals surface area contributed by atoms with Crippen molar-refractivity contribution in [2.45, 2.75) is 19.4 Å². The van der Waals surface area contributed by atoms with Crippen molar-refractivity contribution in [3.05, 3.63) is 7.11 Å². The van der Waals surface area contributed by atoms with Crippen molar-refractivity contribution < 1.29 is 4.74 Å². The Morgan fingerprint density at radius 1 is 1.71 bits per heavy atom. The number of ether oxygens (including phenoxy) is 1. The molecular weight excluding hydrogens is 90.1 g/mol. The smallest absolute Gasteiger partial charge is 0.148 e. The fourth-order valence-corrected chi connectivity index (χ4v) is 0.0323. The van der Waals surface area contributed by atoms with Crippen LogP contribution in [0, 0.1) is 18.4 Å². The van der Waals surface area contributed by atoms with E-state index in [0.29, 0.717) is 0 Å². The van der Waals surface area contributed by atoms with E-state index in [2.05, 4.69) is 11.8 Å². The highest BCUT2D eigenvalue weighted by Crippen LogP contribution is 2.03. The second kappa shape index (κ2) is 1.94. The van der Waals surface area contributed by atoms with Gasteiger partial charge in [0.25, 0.3) is 0 Å². The molecule has 0 heterocycles. The fraction of sp³-hybridized carbons (Fsp3) is 0.600. The van der Waals surface area contributed by atoms with Crippen LogP contribution in [0.15, 0.2) is 0 Å². The fourth-order valence-electron chi connectivity index (χ4n) is 0.0323. The summed E-state index contributed by atoms with van der Waals surface area (Å²) in [5.41, 5.74) is -0.722. The Balaban J connectivity index is 3.66. The third kappa shape index (κ3) is 2.18. The van der Waals surface area contributed by atoms with Crippen LogP contribution < -0.4 is 0 Å². The van der Waals surface area contributed by atoms with Crippen molar-refractivity contribution >= 4 is 0 Å². The highest BCUT2D eigenvalue weighted by atomic mass is 16.5. The van der Waals surface area contributed by atoms with Crippen LogP contribution in [0.1, 0.15) is 13.8 Å². The first-order valence-corrected chi connectivity index (χ1v) is 1.97. The first kappa shape index (κ1) is 6.45. The second-order valence-corrected chi connectivity index (χ2v) is 1.77. The summed E-state index contributed by atoms with van der Waals surface area (Å²) in [6, 6.07) is 1.91. The third-order valence-corrected chi connectivity index (χ3v) is 0.630. The van der Waals surface area contributed by atoms with Gasteiger partial charge in [-0.3, -0.25) is 0 Å². The van der Waals surface area contributed by atoms with Gasteiger partial charge in [0.2, 0.25) is 0 Å². The van der Waals surface area contributed by atoms with Crippen LogP contribution in [-0.2, 0) is 4.74 Å². The van der Waals surface area contributed by atoms with Gasteiger partial charge in [0.15, 0.2) is 0 Å². The predicted octanol–water partition coefficient (Wildman–Crippen LogP) is 1.10. The highest BCUT2D eigenvalue weighted by molar-refractivity contribution is 4.93. The van der Waals surface area contributed by atoms with Crippen LogP contribution in [0.5, 0.6) is 0 Å². The molecule has 0 aliphatic rings. The molecule has 0 saturated carbocycles. The monoisotopic (exact) mass is 98.1 g/mol. The average molecular weight is 98.1 g/mol. The summed E-state index contributed by atoms with van der Waals surface area (Å²) in [5.74, 6) is 0. The lowest BCUT2D eigenvalue weighted by molar-refractivity contribution is 0.106. The molecule has 0 aliphatic heterocycles. The van der Waals surface area contributed by atoms with Crippen molar-refractivity contribution in [3.63, 3.8) is 0 Å². The molecule has 0 aromatic carbocycles. The van der Waals surface area contributed by atoms with E-state index >= 15 is 0 Å². The Labute approximate surface area is 43.7 Å². The second-order valence-electron chi connectivity index (χ2n) is 1.77. The summed E-state index contributed by atoms with van der Waals surface area (Å²) in [6.07, 6.45) is 0. The molecule has 0 bridgehead atoms. The zero-order chi connectivity index (χ0) is 5.91. The number of nitriles is 1.